The van der Waals surface area contributed by atoms with Gasteiger partial charge < -0.3 is 14.4 Å². The minimum absolute atomic E-state index is 0.180. The number of piperazine rings is 1. The lowest BCUT2D eigenvalue weighted by Gasteiger charge is -2.39. The third kappa shape index (κ3) is 4.00. The van der Waals surface area contributed by atoms with Crippen molar-refractivity contribution in [1.82, 2.24) is 14.7 Å². The zero-order valence-electron chi connectivity index (χ0n) is 16.9. The third-order valence-corrected chi connectivity index (χ3v) is 6.55. The van der Waals surface area contributed by atoms with Crippen LogP contribution in [0.3, 0.4) is 0 Å². The van der Waals surface area contributed by atoms with Gasteiger partial charge in [0.25, 0.3) is 0 Å². The van der Waals surface area contributed by atoms with Crippen molar-refractivity contribution in [2.45, 2.75) is 12.5 Å². The Labute approximate surface area is 181 Å². The van der Waals surface area contributed by atoms with E-state index < -0.39 is 0 Å². The fraction of sp³-hybridized carbons (Fsp3) is 0.435. The first-order valence-corrected chi connectivity index (χ1v) is 11.0. The standard InChI is InChI=1S/C23H26ClN3O3/c24-18-5-6-21-17(15-18)16-20(19-3-1-2-4-22(19)30-21)26-10-7-25(8-11-26)9-12-27-13-14-29-23(27)28/h1-6,15,20H,7-14,16H2. The highest BCUT2D eigenvalue weighted by molar-refractivity contribution is 6.30. The summed E-state index contributed by atoms with van der Waals surface area (Å²) in [5, 5.41) is 0.743. The fourth-order valence-electron chi connectivity index (χ4n) is 4.61. The van der Waals surface area contributed by atoms with Gasteiger partial charge in [0.1, 0.15) is 18.1 Å². The van der Waals surface area contributed by atoms with Gasteiger partial charge in [-0.2, -0.15) is 0 Å². The molecule has 0 aromatic heterocycles. The molecule has 0 bridgehead atoms. The Morgan fingerprint density at radius 3 is 2.60 bits per heavy atom. The van der Waals surface area contributed by atoms with Gasteiger partial charge in [-0.25, -0.2) is 4.79 Å². The number of cyclic esters (lactones) is 1. The Bertz CT molecular complexity index is 930. The van der Waals surface area contributed by atoms with Gasteiger partial charge in [-0.15, -0.1) is 0 Å². The number of amides is 1. The summed E-state index contributed by atoms with van der Waals surface area (Å²) in [4.78, 5) is 18.4. The Kier molecular flexibility index (Phi) is 5.54. The molecule has 1 atom stereocenters. The predicted octanol–water partition coefficient (Wildman–Crippen LogP) is 3.80. The SMILES string of the molecule is O=C1OCCN1CCN1CCN(C2Cc3cc(Cl)ccc3Oc3ccccc32)CC1. The molecular weight excluding hydrogens is 402 g/mol. The van der Waals surface area contributed by atoms with E-state index in [2.05, 4.69) is 28.0 Å². The maximum atomic E-state index is 11.6. The second-order valence-corrected chi connectivity index (χ2v) is 8.53. The van der Waals surface area contributed by atoms with Crippen LogP contribution < -0.4 is 4.74 Å². The summed E-state index contributed by atoms with van der Waals surface area (Å²) in [6, 6.07) is 14.5. The van der Waals surface area contributed by atoms with E-state index in [1.165, 1.54) is 5.56 Å². The van der Waals surface area contributed by atoms with E-state index in [9.17, 15) is 4.79 Å². The number of nitrogens with zero attached hydrogens (tertiary/aromatic N) is 3. The zero-order valence-corrected chi connectivity index (χ0v) is 17.7. The number of carbonyl (C=O) groups excluding carboxylic acids is 1. The van der Waals surface area contributed by atoms with Crippen molar-refractivity contribution in [2.24, 2.45) is 0 Å². The molecule has 3 aliphatic rings. The Morgan fingerprint density at radius 1 is 0.967 bits per heavy atom. The number of benzene rings is 2. The number of para-hydroxylation sites is 1. The van der Waals surface area contributed by atoms with Crippen molar-refractivity contribution in [2.75, 3.05) is 52.4 Å². The first kappa shape index (κ1) is 19.7. The molecule has 2 saturated heterocycles. The van der Waals surface area contributed by atoms with E-state index in [0.717, 1.165) is 67.8 Å². The molecule has 0 saturated carbocycles. The van der Waals surface area contributed by atoms with Gasteiger partial charge in [-0.1, -0.05) is 29.8 Å². The van der Waals surface area contributed by atoms with Crippen molar-refractivity contribution in [3.8, 4) is 11.5 Å². The molecule has 3 heterocycles. The summed E-state index contributed by atoms with van der Waals surface area (Å²) in [5.41, 5.74) is 2.39. The van der Waals surface area contributed by atoms with Crippen molar-refractivity contribution >= 4 is 17.7 Å². The summed E-state index contributed by atoms with van der Waals surface area (Å²) in [6.45, 7) is 6.81. The highest BCUT2D eigenvalue weighted by Gasteiger charge is 2.31. The topological polar surface area (TPSA) is 45.2 Å². The largest absolute Gasteiger partial charge is 0.457 e. The van der Waals surface area contributed by atoms with Crippen LogP contribution in [0.4, 0.5) is 4.79 Å². The van der Waals surface area contributed by atoms with Crippen molar-refractivity contribution in [3.63, 3.8) is 0 Å². The molecule has 30 heavy (non-hydrogen) atoms. The van der Waals surface area contributed by atoms with Crippen LogP contribution in [0.15, 0.2) is 42.5 Å². The number of fused-ring (bicyclic) bond motifs is 2. The average molecular weight is 428 g/mol. The van der Waals surface area contributed by atoms with E-state index in [-0.39, 0.29) is 12.1 Å². The number of carbonyl (C=O) groups is 1. The molecule has 0 spiro atoms. The molecule has 1 unspecified atom stereocenters. The van der Waals surface area contributed by atoms with Gasteiger partial charge in [-0.3, -0.25) is 9.80 Å². The lowest BCUT2D eigenvalue weighted by atomic mass is 9.96. The third-order valence-electron chi connectivity index (χ3n) is 6.31. The molecule has 3 aliphatic heterocycles. The van der Waals surface area contributed by atoms with Crippen LogP contribution in [0.25, 0.3) is 0 Å². The Hall–Kier alpha value is -2.28. The number of hydrogen-bond donors (Lipinski definition) is 0. The fourth-order valence-corrected chi connectivity index (χ4v) is 4.80. The van der Waals surface area contributed by atoms with Crippen LogP contribution in [-0.4, -0.2) is 73.2 Å². The first-order chi connectivity index (χ1) is 14.7. The van der Waals surface area contributed by atoms with E-state index >= 15 is 0 Å². The Morgan fingerprint density at radius 2 is 1.80 bits per heavy atom. The van der Waals surface area contributed by atoms with Crippen LogP contribution in [0.5, 0.6) is 11.5 Å². The molecule has 5 rings (SSSR count). The molecule has 7 heteroatoms. The number of rotatable bonds is 4. The molecule has 1 amide bonds. The quantitative estimate of drug-likeness (QED) is 0.742. The summed E-state index contributed by atoms with van der Waals surface area (Å²) < 4.78 is 11.3. The Balaban J connectivity index is 1.28. The van der Waals surface area contributed by atoms with Gasteiger partial charge in [0.05, 0.1) is 6.54 Å². The maximum Gasteiger partial charge on any atom is 0.409 e. The highest BCUT2D eigenvalue weighted by atomic mass is 35.5. The van der Waals surface area contributed by atoms with E-state index in [4.69, 9.17) is 21.1 Å². The molecule has 2 fully saturated rings. The van der Waals surface area contributed by atoms with Crippen LogP contribution >= 0.6 is 11.6 Å². The van der Waals surface area contributed by atoms with Gasteiger partial charge in [0, 0.05) is 55.9 Å². The van der Waals surface area contributed by atoms with Crippen molar-refractivity contribution in [3.05, 3.63) is 58.6 Å². The molecule has 6 nitrogen and oxygen atoms in total. The smallest absolute Gasteiger partial charge is 0.409 e. The minimum atomic E-state index is -0.180. The monoisotopic (exact) mass is 427 g/mol. The van der Waals surface area contributed by atoms with E-state index in [0.29, 0.717) is 13.2 Å². The van der Waals surface area contributed by atoms with Gasteiger partial charge in [-0.05, 0) is 36.2 Å². The van der Waals surface area contributed by atoms with Crippen LogP contribution in [0.1, 0.15) is 17.2 Å². The normalized spacial score (nSPS) is 22.1. The molecule has 2 aromatic rings. The minimum Gasteiger partial charge on any atom is -0.457 e. The van der Waals surface area contributed by atoms with Crippen LogP contribution in [-0.2, 0) is 11.2 Å². The molecule has 0 N–H and O–H groups in total. The predicted molar refractivity (Wildman–Crippen MR) is 115 cm³/mol. The molecular formula is C23H26ClN3O3. The molecule has 2 aromatic carbocycles. The summed E-state index contributed by atoms with van der Waals surface area (Å²) in [5.74, 6) is 1.82. The van der Waals surface area contributed by atoms with Crippen LogP contribution in [0, 0.1) is 0 Å². The second kappa shape index (κ2) is 8.46. The lowest BCUT2D eigenvalue weighted by Crippen LogP contribution is -2.49. The summed E-state index contributed by atoms with van der Waals surface area (Å²) in [7, 11) is 0. The zero-order chi connectivity index (χ0) is 20.5. The summed E-state index contributed by atoms with van der Waals surface area (Å²) >= 11 is 6.28. The molecule has 158 valence electrons. The number of hydrogen-bond acceptors (Lipinski definition) is 5. The van der Waals surface area contributed by atoms with Crippen LogP contribution in [0.2, 0.25) is 5.02 Å². The average Bonchev–Trinajstić information content (AvgIpc) is 3.10. The van der Waals surface area contributed by atoms with E-state index in [1.54, 1.807) is 4.90 Å². The van der Waals surface area contributed by atoms with Gasteiger partial charge in [0.15, 0.2) is 0 Å². The first-order valence-electron chi connectivity index (χ1n) is 10.6. The van der Waals surface area contributed by atoms with Gasteiger partial charge >= 0.3 is 6.09 Å². The maximum absolute atomic E-state index is 11.6. The molecule has 0 aliphatic carbocycles. The number of halogens is 1. The molecule has 0 radical (unpaired) electrons. The van der Waals surface area contributed by atoms with E-state index in [1.807, 2.05) is 24.3 Å². The second-order valence-electron chi connectivity index (χ2n) is 8.09. The number of ether oxygens (including phenoxy) is 2. The van der Waals surface area contributed by atoms with Crippen molar-refractivity contribution < 1.29 is 14.3 Å². The van der Waals surface area contributed by atoms with Gasteiger partial charge in [0.2, 0.25) is 0 Å². The van der Waals surface area contributed by atoms with Crippen molar-refractivity contribution in [1.29, 1.82) is 0 Å². The lowest BCUT2D eigenvalue weighted by molar-refractivity contribution is 0.0898. The highest BCUT2D eigenvalue weighted by Crippen LogP contribution is 2.41. The summed E-state index contributed by atoms with van der Waals surface area (Å²) in [6.07, 6.45) is 0.702.